The Balaban J connectivity index is 2.96. The van der Waals surface area contributed by atoms with Crippen molar-refractivity contribution in [1.82, 2.24) is 0 Å². The molecule has 0 aromatic heterocycles. The van der Waals surface area contributed by atoms with Gasteiger partial charge in [0, 0.05) is 0 Å². The van der Waals surface area contributed by atoms with Crippen LogP contribution in [0.5, 0.6) is 0 Å². The van der Waals surface area contributed by atoms with Crippen molar-refractivity contribution in [2.75, 3.05) is 0 Å². The highest BCUT2D eigenvalue weighted by atomic mass is 35.5. The third-order valence-electron chi connectivity index (χ3n) is 1.46. The van der Waals surface area contributed by atoms with Crippen LogP contribution in [0.4, 0.5) is 18.9 Å². The van der Waals surface area contributed by atoms with Crippen LogP contribution in [0.1, 0.15) is 5.56 Å². The quantitative estimate of drug-likeness (QED) is 0.684. The summed E-state index contributed by atoms with van der Waals surface area (Å²) < 4.78 is 35.9. The van der Waals surface area contributed by atoms with Gasteiger partial charge in [-0.25, -0.2) is 4.99 Å². The van der Waals surface area contributed by atoms with Crippen LogP contribution in [-0.2, 0) is 0 Å². The van der Waals surface area contributed by atoms with Crippen molar-refractivity contribution in [2.24, 2.45) is 4.99 Å². The molecule has 1 aromatic rings. The molecule has 78 valence electrons. The van der Waals surface area contributed by atoms with Crippen LogP contribution in [0, 0.1) is 11.3 Å². The molecule has 0 aliphatic rings. The standard InChI is InChI=1S/C9H4ClF3N2/c10-8(9(11,12)13)15-7-3-1-6(5-14)2-4-7/h1-4H. The Bertz CT molecular complexity index is 414. The van der Waals surface area contributed by atoms with Gasteiger partial charge in [-0.05, 0) is 24.3 Å². The SMILES string of the molecule is N#Cc1ccc(N=C(Cl)C(F)(F)F)cc1. The van der Waals surface area contributed by atoms with Gasteiger partial charge in [0.25, 0.3) is 0 Å². The zero-order valence-corrected chi connectivity index (χ0v) is 7.97. The lowest BCUT2D eigenvalue weighted by atomic mass is 10.2. The van der Waals surface area contributed by atoms with Crippen LogP contribution in [0.3, 0.4) is 0 Å². The highest BCUT2D eigenvalue weighted by molar-refractivity contribution is 6.67. The topological polar surface area (TPSA) is 36.1 Å². The summed E-state index contributed by atoms with van der Waals surface area (Å²) in [5.41, 5.74) is 0.397. The van der Waals surface area contributed by atoms with Gasteiger partial charge in [-0.3, -0.25) is 0 Å². The van der Waals surface area contributed by atoms with Gasteiger partial charge >= 0.3 is 6.18 Å². The van der Waals surface area contributed by atoms with E-state index >= 15 is 0 Å². The minimum Gasteiger partial charge on any atom is -0.232 e. The van der Waals surface area contributed by atoms with E-state index in [4.69, 9.17) is 16.9 Å². The second-order valence-electron chi connectivity index (χ2n) is 2.56. The Morgan fingerprint density at radius 1 is 1.27 bits per heavy atom. The van der Waals surface area contributed by atoms with Crippen LogP contribution < -0.4 is 0 Å². The number of rotatable bonds is 1. The van der Waals surface area contributed by atoms with Crippen molar-refractivity contribution in [3.8, 4) is 6.07 Å². The normalized spacial score (nSPS) is 12.3. The first kappa shape index (κ1) is 11.5. The summed E-state index contributed by atoms with van der Waals surface area (Å²) >= 11 is 4.93. The number of nitrogens with zero attached hydrogens (tertiary/aromatic N) is 2. The van der Waals surface area contributed by atoms with Crippen LogP contribution >= 0.6 is 11.6 Å². The number of nitriles is 1. The first-order valence-electron chi connectivity index (χ1n) is 3.75. The summed E-state index contributed by atoms with van der Waals surface area (Å²) in [4.78, 5) is 3.15. The Hall–Kier alpha value is -1.54. The molecule has 0 bridgehead atoms. The average molecular weight is 233 g/mol. The minimum atomic E-state index is -4.64. The molecule has 0 heterocycles. The van der Waals surface area contributed by atoms with Crippen molar-refractivity contribution in [3.63, 3.8) is 0 Å². The molecule has 2 nitrogen and oxygen atoms in total. The van der Waals surface area contributed by atoms with E-state index in [-0.39, 0.29) is 5.69 Å². The van der Waals surface area contributed by atoms with Gasteiger partial charge in [-0.1, -0.05) is 11.6 Å². The minimum absolute atomic E-state index is 0.0522. The van der Waals surface area contributed by atoms with Gasteiger partial charge in [0.1, 0.15) is 0 Å². The molecule has 0 fully saturated rings. The highest BCUT2D eigenvalue weighted by Crippen LogP contribution is 2.23. The van der Waals surface area contributed by atoms with Crippen molar-refractivity contribution >= 4 is 22.5 Å². The van der Waals surface area contributed by atoms with Gasteiger partial charge in [-0.15, -0.1) is 0 Å². The van der Waals surface area contributed by atoms with Crippen molar-refractivity contribution in [2.45, 2.75) is 6.18 Å². The Morgan fingerprint density at radius 3 is 2.20 bits per heavy atom. The predicted octanol–water partition coefficient (Wildman–Crippen LogP) is 3.39. The number of hydrogen-bond acceptors (Lipinski definition) is 2. The molecule has 0 aliphatic carbocycles. The second kappa shape index (κ2) is 4.32. The molecule has 0 radical (unpaired) electrons. The van der Waals surface area contributed by atoms with E-state index in [0.717, 1.165) is 0 Å². The summed E-state index contributed by atoms with van der Waals surface area (Å²) in [6.07, 6.45) is -4.64. The zero-order chi connectivity index (χ0) is 11.5. The summed E-state index contributed by atoms with van der Waals surface area (Å²) in [5, 5.41) is 7.01. The molecule has 1 aromatic carbocycles. The van der Waals surface area contributed by atoms with Gasteiger partial charge < -0.3 is 0 Å². The molecular formula is C9H4ClF3N2. The fourth-order valence-corrected chi connectivity index (χ4v) is 0.885. The summed E-state index contributed by atoms with van der Waals surface area (Å²) in [6.45, 7) is 0. The number of hydrogen-bond donors (Lipinski definition) is 0. The summed E-state index contributed by atoms with van der Waals surface area (Å²) in [5.74, 6) is 0. The Morgan fingerprint density at radius 2 is 1.80 bits per heavy atom. The number of benzene rings is 1. The summed E-state index contributed by atoms with van der Waals surface area (Å²) in [6, 6.07) is 7.12. The molecule has 0 aliphatic heterocycles. The van der Waals surface area contributed by atoms with Gasteiger partial charge in [-0.2, -0.15) is 18.4 Å². The number of alkyl halides is 3. The van der Waals surface area contributed by atoms with E-state index in [0.29, 0.717) is 5.56 Å². The third kappa shape index (κ3) is 3.26. The molecule has 0 saturated heterocycles. The predicted molar refractivity (Wildman–Crippen MR) is 50.2 cm³/mol. The molecule has 0 amide bonds. The lowest BCUT2D eigenvalue weighted by molar-refractivity contribution is -0.0558. The molecule has 15 heavy (non-hydrogen) atoms. The maximum atomic E-state index is 12.0. The molecular weight excluding hydrogens is 229 g/mol. The molecule has 0 saturated carbocycles. The van der Waals surface area contributed by atoms with Crippen LogP contribution in [0.25, 0.3) is 0 Å². The van der Waals surface area contributed by atoms with Crippen LogP contribution in [0.15, 0.2) is 29.3 Å². The smallest absolute Gasteiger partial charge is 0.232 e. The maximum Gasteiger partial charge on any atom is 0.444 e. The van der Waals surface area contributed by atoms with E-state index < -0.39 is 11.3 Å². The monoisotopic (exact) mass is 232 g/mol. The van der Waals surface area contributed by atoms with E-state index in [1.165, 1.54) is 24.3 Å². The van der Waals surface area contributed by atoms with E-state index in [1.54, 1.807) is 0 Å². The molecule has 0 N–H and O–H groups in total. The molecule has 0 spiro atoms. The Kier molecular flexibility index (Phi) is 3.32. The van der Waals surface area contributed by atoms with E-state index in [9.17, 15) is 13.2 Å². The average Bonchev–Trinajstić information content (AvgIpc) is 2.17. The fraction of sp³-hybridized carbons (Fsp3) is 0.111. The van der Waals surface area contributed by atoms with Gasteiger partial charge in [0.05, 0.1) is 17.3 Å². The maximum absolute atomic E-state index is 12.0. The van der Waals surface area contributed by atoms with E-state index in [2.05, 4.69) is 4.99 Å². The fourth-order valence-electron chi connectivity index (χ4n) is 0.787. The molecule has 1 rings (SSSR count). The molecule has 0 unspecified atom stereocenters. The first-order chi connectivity index (χ1) is 6.93. The first-order valence-corrected chi connectivity index (χ1v) is 4.13. The largest absolute Gasteiger partial charge is 0.444 e. The highest BCUT2D eigenvalue weighted by Gasteiger charge is 2.34. The number of halogens is 4. The lowest BCUT2D eigenvalue weighted by Crippen LogP contribution is -2.16. The third-order valence-corrected chi connectivity index (χ3v) is 1.76. The van der Waals surface area contributed by atoms with E-state index in [1.807, 2.05) is 6.07 Å². The van der Waals surface area contributed by atoms with Gasteiger partial charge in [0.15, 0.2) is 0 Å². The Labute approximate surface area is 88.6 Å². The number of aliphatic imine (C=N–C) groups is 1. The van der Waals surface area contributed by atoms with Crippen molar-refractivity contribution < 1.29 is 13.2 Å². The van der Waals surface area contributed by atoms with Crippen molar-refractivity contribution in [3.05, 3.63) is 29.8 Å². The molecule has 6 heteroatoms. The molecule has 0 atom stereocenters. The van der Waals surface area contributed by atoms with Gasteiger partial charge in [0.2, 0.25) is 5.17 Å². The van der Waals surface area contributed by atoms with Crippen LogP contribution in [-0.4, -0.2) is 11.3 Å². The van der Waals surface area contributed by atoms with Crippen molar-refractivity contribution in [1.29, 1.82) is 5.26 Å². The second-order valence-corrected chi connectivity index (χ2v) is 2.92. The lowest BCUT2D eigenvalue weighted by Gasteiger charge is -2.02. The van der Waals surface area contributed by atoms with Crippen LogP contribution in [0.2, 0.25) is 0 Å². The summed E-state index contributed by atoms with van der Waals surface area (Å²) in [7, 11) is 0. The zero-order valence-electron chi connectivity index (χ0n) is 7.22.